The first kappa shape index (κ1) is 16.1. The van der Waals surface area contributed by atoms with Gasteiger partial charge in [-0.25, -0.2) is 0 Å². The van der Waals surface area contributed by atoms with Crippen molar-refractivity contribution >= 4 is 0 Å². The van der Waals surface area contributed by atoms with E-state index in [4.69, 9.17) is 15.2 Å². The molecule has 3 rings (SSSR count). The summed E-state index contributed by atoms with van der Waals surface area (Å²) in [5.41, 5.74) is 9.94. The molecule has 0 amide bonds. The molecule has 0 aliphatic heterocycles. The van der Waals surface area contributed by atoms with Crippen molar-refractivity contribution in [1.29, 1.82) is 0 Å². The van der Waals surface area contributed by atoms with Crippen molar-refractivity contribution < 1.29 is 9.47 Å². The van der Waals surface area contributed by atoms with Crippen molar-refractivity contribution in [3.63, 3.8) is 0 Å². The van der Waals surface area contributed by atoms with E-state index < -0.39 is 0 Å². The molecular formula is C19H21N3O2. The molecule has 5 nitrogen and oxygen atoms in total. The lowest BCUT2D eigenvalue weighted by Gasteiger charge is -2.16. The third kappa shape index (κ3) is 3.12. The molecule has 0 spiro atoms. The number of nitrogens with one attached hydrogen (secondary N) is 1. The Hall–Kier alpha value is -2.79. The SMILES string of the molecule is COc1ccc(-c2cc(C(CN)c3ccccc3OC)[nH]n2)cc1. The summed E-state index contributed by atoms with van der Waals surface area (Å²) in [6, 6.07) is 17.8. The fourth-order valence-corrected chi connectivity index (χ4v) is 2.80. The highest BCUT2D eigenvalue weighted by Gasteiger charge is 2.19. The van der Waals surface area contributed by atoms with Crippen molar-refractivity contribution in [2.75, 3.05) is 20.8 Å². The van der Waals surface area contributed by atoms with Gasteiger partial charge < -0.3 is 15.2 Å². The number of ether oxygens (including phenoxy) is 2. The highest BCUT2D eigenvalue weighted by atomic mass is 16.5. The Morgan fingerprint density at radius 3 is 2.46 bits per heavy atom. The first-order chi connectivity index (χ1) is 11.8. The molecule has 0 saturated carbocycles. The Labute approximate surface area is 141 Å². The van der Waals surface area contributed by atoms with Gasteiger partial charge in [0.05, 0.1) is 19.9 Å². The van der Waals surface area contributed by atoms with Crippen LogP contribution in [0.5, 0.6) is 11.5 Å². The molecule has 0 aliphatic carbocycles. The lowest BCUT2D eigenvalue weighted by Crippen LogP contribution is -2.15. The van der Waals surface area contributed by atoms with Crippen LogP contribution in [0.1, 0.15) is 17.2 Å². The largest absolute Gasteiger partial charge is 0.497 e. The summed E-state index contributed by atoms with van der Waals surface area (Å²) in [6.45, 7) is 0.463. The van der Waals surface area contributed by atoms with Crippen LogP contribution >= 0.6 is 0 Å². The average Bonchev–Trinajstić information content (AvgIpc) is 3.12. The molecule has 3 aromatic rings. The average molecular weight is 323 g/mol. The Balaban J connectivity index is 1.92. The zero-order valence-corrected chi connectivity index (χ0v) is 13.8. The van der Waals surface area contributed by atoms with E-state index in [0.717, 1.165) is 34.0 Å². The van der Waals surface area contributed by atoms with Crippen LogP contribution in [0.3, 0.4) is 0 Å². The zero-order chi connectivity index (χ0) is 16.9. The van der Waals surface area contributed by atoms with Crippen LogP contribution in [-0.4, -0.2) is 31.0 Å². The fraction of sp³-hybridized carbons (Fsp3) is 0.211. The molecular weight excluding hydrogens is 302 g/mol. The molecule has 124 valence electrons. The number of aromatic nitrogens is 2. The van der Waals surface area contributed by atoms with Gasteiger partial charge in [-0.05, 0) is 36.4 Å². The summed E-state index contributed by atoms with van der Waals surface area (Å²) >= 11 is 0. The lowest BCUT2D eigenvalue weighted by molar-refractivity contribution is 0.407. The van der Waals surface area contributed by atoms with E-state index in [9.17, 15) is 0 Å². The van der Waals surface area contributed by atoms with E-state index in [1.807, 2.05) is 54.6 Å². The summed E-state index contributed by atoms with van der Waals surface area (Å²) in [5.74, 6) is 1.65. The summed E-state index contributed by atoms with van der Waals surface area (Å²) in [6.07, 6.45) is 0. The van der Waals surface area contributed by atoms with Gasteiger partial charge >= 0.3 is 0 Å². The van der Waals surface area contributed by atoms with Crippen LogP contribution < -0.4 is 15.2 Å². The van der Waals surface area contributed by atoms with E-state index >= 15 is 0 Å². The second-order valence-electron chi connectivity index (χ2n) is 5.47. The maximum absolute atomic E-state index is 6.03. The number of rotatable bonds is 6. The number of benzene rings is 2. The van der Waals surface area contributed by atoms with Crippen molar-refractivity contribution in [2.24, 2.45) is 5.73 Å². The van der Waals surface area contributed by atoms with E-state index in [-0.39, 0.29) is 5.92 Å². The molecule has 2 aromatic carbocycles. The van der Waals surface area contributed by atoms with Gasteiger partial charge in [-0.3, -0.25) is 5.10 Å². The standard InChI is InChI=1S/C19H21N3O2/c1-23-14-9-7-13(8-10-14)17-11-18(22-21-17)16(12-20)15-5-3-4-6-19(15)24-2/h3-11,16H,12,20H2,1-2H3,(H,21,22). The molecule has 0 radical (unpaired) electrons. The number of H-pyrrole nitrogens is 1. The van der Waals surface area contributed by atoms with E-state index in [1.54, 1.807) is 14.2 Å². The minimum absolute atomic E-state index is 0.000600. The molecule has 5 heteroatoms. The third-order valence-corrected chi connectivity index (χ3v) is 4.11. The molecule has 0 aliphatic rings. The van der Waals surface area contributed by atoms with Crippen molar-refractivity contribution in [1.82, 2.24) is 10.2 Å². The lowest BCUT2D eigenvalue weighted by atomic mass is 9.94. The molecule has 1 atom stereocenters. The Kier molecular flexibility index (Phi) is 4.82. The van der Waals surface area contributed by atoms with Crippen molar-refractivity contribution in [2.45, 2.75) is 5.92 Å². The summed E-state index contributed by atoms with van der Waals surface area (Å²) in [4.78, 5) is 0. The van der Waals surface area contributed by atoms with Crippen LogP contribution in [0.4, 0.5) is 0 Å². The van der Waals surface area contributed by atoms with Crippen LogP contribution in [0, 0.1) is 0 Å². The maximum Gasteiger partial charge on any atom is 0.122 e. The Bertz CT molecular complexity index is 796. The highest BCUT2D eigenvalue weighted by Crippen LogP contribution is 2.32. The normalized spacial score (nSPS) is 12.0. The minimum Gasteiger partial charge on any atom is -0.497 e. The summed E-state index contributed by atoms with van der Waals surface area (Å²) < 4.78 is 10.7. The van der Waals surface area contributed by atoms with Crippen LogP contribution in [0.25, 0.3) is 11.3 Å². The number of hydrogen-bond donors (Lipinski definition) is 2. The minimum atomic E-state index is 0.000600. The number of methoxy groups -OCH3 is 2. The molecule has 24 heavy (non-hydrogen) atoms. The van der Waals surface area contributed by atoms with Gasteiger partial charge in [-0.15, -0.1) is 0 Å². The molecule has 0 saturated heterocycles. The topological polar surface area (TPSA) is 73.2 Å². The van der Waals surface area contributed by atoms with Gasteiger partial charge in [0.2, 0.25) is 0 Å². The number of nitrogens with zero attached hydrogens (tertiary/aromatic N) is 1. The molecule has 1 unspecified atom stereocenters. The molecule has 0 bridgehead atoms. The van der Waals surface area contributed by atoms with Gasteiger partial charge in [0.15, 0.2) is 0 Å². The quantitative estimate of drug-likeness (QED) is 0.731. The number of para-hydroxylation sites is 1. The zero-order valence-electron chi connectivity index (χ0n) is 13.8. The fourth-order valence-electron chi connectivity index (χ4n) is 2.80. The van der Waals surface area contributed by atoms with E-state index in [1.165, 1.54) is 0 Å². The predicted octanol–water partition coefficient (Wildman–Crippen LogP) is 3.18. The van der Waals surface area contributed by atoms with Gasteiger partial charge in [-0.1, -0.05) is 18.2 Å². The second-order valence-corrected chi connectivity index (χ2v) is 5.47. The van der Waals surface area contributed by atoms with Crippen LogP contribution in [0.15, 0.2) is 54.6 Å². The van der Waals surface area contributed by atoms with Gasteiger partial charge in [0.25, 0.3) is 0 Å². The molecule has 1 aromatic heterocycles. The summed E-state index contributed by atoms with van der Waals surface area (Å²) in [7, 11) is 3.32. The van der Waals surface area contributed by atoms with Crippen LogP contribution in [0.2, 0.25) is 0 Å². The monoisotopic (exact) mass is 323 g/mol. The maximum atomic E-state index is 6.03. The van der Waals surface area contributed by atoms with E-state index in [2.05, 4.69) is 10.2 Å². The number of hydrogen-bond acceptors (Lipinski definition) is 4. The highest BCUT2D eigenvalue weighted by molar-refractivity contribution is 5.61. The molecule has 1 heterocycles. The molecule has 3 N–H and O–H groups in total. The number of nitrogens with two attached hydrogens (primary N) is 1. The predicted molar refractivity (Wildman–Crippen MR) is 94.5 cm³/mol. The van der Waals surface area contributed by atoms with E-state index in [0.29, 0.717) is 6.54 Å². The van der Waals surface area contributed by atoms with Gasteiger partial charge in [0.1, 0.15) is 11.5 Å². The number of aromatic amines is 1. The van der Waals surface area contributed by atoms with Gasteiger partial charge in [-0.2, -0.15) is 5.10 Å². The smallest absolute Gasteiger partial charge is 0.122 e. The Morgan fingerprint density at radius 2 is 1.79 bits per heavy atom. The first-order valence-corrected chi connectivity index (χ1v) is 7.79. The third-order valence-electron chi connectivity index (χ3n) is 4.11. The molecule has 0 fully saturated rings. The van der Waals surface area contributed by atoms with Crippen molar-refractivity contribution in [3.8, 4) is 22.8 Å². The Morgan fingerprint density at radius 1 is 1.04 bits per heavy atom. The van der Waals surface area contributed by atoms with Gasteiger partial charge in [0, 0.05) is 29.3 Å². The second kappa shape index (κ2) is 7.19. The first-order valence-electron chi connectivity index (χ1n) is 7.79. The summed E-state index contributed by atoms with van der Waals surface area (Å²) in [5, 5.41) is 7.55. The van der Waals surface area contributed by atoms with Crippen LogP contribution in [-0.2, 0) is 0 Å². The van der Waals surface area contributed by atoms with Crippen molar-refractivity contribution in [3.05, 3.63) is 65.9 Å².